The maximum atomic E-state index is 13.3. The summed E-state index contributed by atoms with van der Waals surface area (Å²) in [6, 6.07) is 20.2. The minimum atomic E-state index is -0.796. The van der Waals surface area contributed by atoms with Crippen molar-refractivity contribution in [1.82, 2.24) is 10.2 Å². The Morgan fingerprint density at radius 2 is 1.81 bits per heavy atom. The molecule has 0 aliphatic rings. The molecule has 3 aromatic rings. The van der Waals surface area contributed by atoms with Gasteiger partial charge in [-0.2, -0.15) is 0 Å². The smallest absolute Gasteiger partial charge is 0.247 e. The van der Waals surface area contributed by atoms with E-state index in [0.29, 0.717) is 30.8 Å². The van der Waals surface area contributed by atoms with E-state index in [1.807, 2.05) is 60.0 Å². The van der Waals surface area contributed by atoms with Gasteiger partial charge in [0.2, 0.25) is 11.8 Å². The highest BCUT2D eigenvalue weighted by Crippen LogP contribution is 2.27. The van der Waals surface area contributed by atoms with Crippen LogP contribution in [0.5, 0.6) is 5.75 Å². The molecule has 0 saturated carbocycles. The summed E-state index contributed by atoms with van der Waals surface area (Å²) in [6.45, 7) is 0.781. The fourth-order valence-electron chi connectivity index (χ4n) is 3.30. The number of halogens is 1. The first kappa shape index (κ1) is 22.8. The molecule has 0 aliphatic carbocycles. The molecule has 0 bridgehead atoms. The van der Waals surface area contributed by atoms with Crippen molar-refractivity contribution in [3.05, 3.63) is 88.1 Å². The predicted octanol–water partition coefficient (Wildman–Crippen LogP) is 4.42. The Kier molecular flexibility index (Phi) is 8.50. The zero-order valence-corrected chi connectivity index (χ0v) is 18.9. The average molecular weight is 457 g/mol. The number of carbonyl (C=O) groups is 2. The maximum Gasteiger partial charge on any atom is 0.247 e. The summed E-state index contributed by atoms with van der Waals surface area (Å²) in [5, 5.41) is 4.94. The van der Waals surface area contributed by atoms with Crippen LogP contribution in [0.2, 0.25) is 0 Å². The monoisotopic (exact) mass is 456 g/mol. The summed E-state index contributed by atoms with van der Waals surface area (Å²) in [5.41, 5.74) is 1.84. The van der Waals surface area contributed by atoms with E-state index in [-0.39, 0.29) is 17.7 Å². The van der Waals surface area contributed by atoms with Crippen LogP contribution in [0.4, 0.5) is 0 Å². The van der Waals surface area contributed by atoms with Crippen LogP contribution in [0, 0.1) is 0 Å². The Balaban J connectivity index is 1.84. The molecule has 2 amide bonds. The number of amides is 2. The molecule has 2 aromatic carbocycles. The van der Waals surface area contributed by atoms with Crippen LogP contribution in [-0.4, -0.2) is 36.2 Å². The fourth-order valence-corrected chi connectivity index (χ4v) is 4.16. The second kappa shape index (κ2) is 11.5. The number of ether oxygens (including phenoxy) is 1. The Labute approximate surface area is 191 Å². The summed E-state index contributed by atoms with van der Waals surface area (Å²) < 4.78 is 5.24. The lowest BCUT2D eigenvalue weighted by Crippen LogP contribution is -2.44. The third-order valence-electron chi connectivity index (χ3n) is 4.89. The zero-order valence-electron chi connectivity index (χ0n) is 17.3. The Morgan fingerprint density at radius 3 is 2.42 bits per heavy atom. The fraction of sp³-hybridized carbons (Fsp3) is 0.250. The van der Waals surface area contributed by atoms with Crippen LogP contribution in [0.3, 0.4) is 0 Å². The number of hydrogen-bond acceptors (Lipinski definition) is 4. The lowest BCUT2D eigenvalue weighted by atomic mass is 10.0. The zero-order chi connectivity index (χ0) is 22.1. The second-order valence-electron chi connectivity index (χ2n) is 6.94. The van der Waals surface area contributed by atoms with E-state index in [2.05, 4.69) is 5.32 Å². The van der Waals surface area contributed by atoms with E-state index in [1.54, 1.807) is 24.1 Å². The van der Waals surface area contributed by atoms with Gasteiger partial charge in [0.15, 0.2) is 0 Å². The van der Waals surface area contributed by atoms with Gasteiger partial charge < -0.3 is 15.0 Å². The van der Waals surface area contributed by atoms with E-state index in [4.69, 9.17) is 16.3 Å². The highest BCUT2D eigenvalue weighted by atomic mass is 35.5. The third-order valence-corrected chi connectivity index (χ3v) is 5.98. The summed E-state index contributed by atoms with van der Waals surface area (Å²) in [4.78, 5) is 28.6. The van der Waals surface area contributed by atoms with Crippen molar-refractivity contribution < 1.29 is 14.3 Å². The van der Waals surface area contributed by atoms with Gasteiger partial charge in [-0.3, -0.25) is 9.59 Å². The van der Waals surface area contributed by atoms with E-state index >= 15 is 0 Å². The van der Waals surface area contributed by atoms with Crippen LogP contribution in [0.15, 0.2) is 72.1 Å². The van der Waals surface area contributed by atoms with Gasteiger partial charge in [0.1, 0.15) is 17.7 Å². The molecule has 1 heterocycles. The molecule has 0 saturated heterocycles. The van der Waals surface area contributed by atoms with Crippen molar-refractivity contribution in [3.63, 3.8) is 0 Å². The highest BCUT2D eigenvalue weighted by molar-refractivity contribution is 7.09. The minimum Gasteiger partial charge on any atom is -0.497 e. The largest absolute Gasteiger partial charge is 0.497 e. The first-order chi connectivity index (χ1) is 15.1. The molecule has 1 atom stereocenters. The Hall–Kier alpha value is -2.83. The average Bonchev–Trinajstić information content (AvgIpc) is 3.32. The molecule has 31 heavy (non-hydrogen) atoms. The number of hydrogen-bond donors (Lipinski definition) is 1. The molecule has 5 nitrogen and oxygen atoms in total. The van der Waals surface area contributed by atoms with Crippen molar-refractivity contribution in [2.45, 2.75) is 19.0 Å². The van der Waals surface area contributed by atoms with E-state index in [9.17, 15) is 9.59 Å². The maximum absolute atomic E-state index is 13.3. The van der Waals surface area contributed by atoms with Gasteiger partial charge in [-0.25, -0.2) is 0 Å². The van der Waals surface area contributed by atoms with Crippen molar-refractivity contribution in [2.24, 2.45) is 0 Å². The Morgan fingerprint density at radius 1 is 1.06 bits per heavy atom. The molecule has 0 unspecified atom stereocenters. The van der Waals surface area contributed by atoms with Crippen LogP contribution < -0.4 is 10.1 Å². The molecule has 3 rings (SSSR count). The highest BCUT2D eigenvalue weighted by Gasteiger charge is 2.31. The molecule has 162 valence electrons. The summed E-state index contributed by atoms with van der Waals surface area (Å²) in [6.07, 6.45) is 0.705. The lowest BCUT2D eigenvalue weighted by molar-refractivity contribution is -0.139. The van der Waals surface area contributed by atoms with Gasteiger partial charge in [0, 0.05) is 11.4 Å². The number of methoxy groups -OCH3 is 1. The normalized spacial score (nSPS) is 11.5. The van der Waals surface area contributed by atoms with Gasteiger partial charge >= 0.3 is 0 Å². The first-order valence-corrected chi connectivity index (χ1v) is 11.4. The van der Waals surface area contributed by atoms with Gasteiger partial charge in [0.25, 0.3) is 0 Å². The number of rotatable bonds is 10. The molecule has 1 N–H and O–H groups in total. The molecule has 0 aliphatic heterocycles. The van der Waals surface area contributed by atoms with Crippen LogP contribution in [0.1, 0.15) is 22.0 Å². The van der Waals surface area contributed by atoms with Crippen LogP contribution in [-0.2, 0) is 22.6 Å². The van der Waals surface area contributed by atoms with Gasteiger partial charge in [-0.1, -0.05) is 48.5 Å². The standard InChI is InChI=1S/C24H25ClN2O3S/c1-30-20-11-9-19(10-12-20)23(24(29)26-14-13-18-6-3-2-4-7-18)27(22(28)16-25)17-21-8-5-15-31-21/h2-12,15,23H,13-14,16-17H2,1H3,(H,26,29)/t23-/m1/s1. The SMILES string of the molecule is COc1ccc([C@H](C(=O)NCCc2ccccc2)N(Cc2cccs2)C(=O)CCl)cc1. The van der Waals surface area contributed by atoms with Crippen molar-refractivity contribution in [3.8, 4) is 5.75 Å². The molecule has 1 aromatic heterocycles. The summed E-state index contributed by atoms with van der Waals surface area (Å²) in [5.74, 6) is -0.0549. The number of benzene rings is 2. The number of thiophene rings is 1. The van der Waals surface area contributed by atoms with E-state index < -0.39 is 6.04 Å². The number of carbonyl (C=O) groups excluding carboxylic acids is 2. The van der Waals surface area contributed by atoms with Crippen molar-refractivity contribution in [2.75, 3.05) is 19.5 Å². The van der Waals surface area contributed by atoms with Crippen molar-refractivity contribution in [1.29, 1.82) is 0 Å². The van der Waals surface area contributed by atoms with E-state index in [1.165, 1.54) is 11.3 Å². The van der Waals surface area contributed by atoms with Crippen LogP contribution in [0.25, 0.3) is 0 Å². The molecule has 0 spiro atoms. The molecule has 0 fully saturated rings. The molecular weight excluding hydrogens is 432 g/mol. The lowest BCUT2D eigenvalue weighted by Gasteiger charge is -2.30. The second-order valence-corrected chi connectivity index (χ2v) is 8.24. The summed E-state index contributed by atoms with van der Waals surface area (Å²) in [7, 11) is 1.59. The quantitative estimate of drug-likeness (QED) is 0.459. The minimum absolute atomic E-state index is 0.199. The molecular formula is C24H25ClN2O3S. The Bertz CT molecular complexity index is 962. The van der Waals surface area contributed by atoms with Crippen LogP contribution >= 0.6 is 22.9 Å². The molecule has 0 radical (unpaired) electrons. The van der Waals surface area contributed by atoms with Gasteiger partial charge in [0.05, 0.1) is 13.7 Å². The predicted molar refractivity (Wildman–Crippen MR) is 124 cm³/mol. The molecule has 7 heteroatoms. The van der Waals surface area contributed by atoms with Gasteiger partial charge in [-0.15, -0.1) is 22.9 Å². The number of alkyl halides is 1. The van der Waals surface area contributed by atoms with Gasteiger partial charge in [-0.05, 0) is 41.1 Å². The third kappa shape index (κ3) is 6.32. The topological polar surface area (TPSA) is 58.6 Å². The van der Waals surface area contributed by atoms with E-state index in [0.717, 1.165) is 10.4 Å². The number of nitrogens with one attached hydrogen (secondary N) is 1. The van der Waals surface area contributed by atoms with Crippen molar-refractivity contribution >= 4 is 34.8 Å². The number of nitrogens with zero attached hydrogens (tertiary/aromatic N) is 1. The summed E-state index contributed by atoms with van der Waals surface area (Å²) >= 11 is 7.45. The first-order valence-electron chi connectivity index (χ1n) is 9.95.